The van der Waals surface area contributed by atoms with Gasteiger partial charge in [-0.15, -0.1) is 0 Å². The highest BCUT2D eigenvalue weighted by Crippen LogP contribution is 2.36. The summed E-state index contributed by atoms with van der Waals surface area (Å²) in [5, 5.41) is 3.71. The summed E-state index contributed by atoms with van der Waals surface area (Å²) in [6.45, 7) is 3.49. The lowest BCUT2D eigenvalue weighted by molar-refractivity contribution is 0.264. The van der Waals surface area contributed by atoms with Gasteiger partial charge in [-0.1, -0.05) is 26.2 Å². The van der Waals surface area contributed by atoms with Crippen LogP contribution in [-0.2, 0) is 0 Å². The van der Waals surface area contributed by atoms with Crippen LogP contribution in [0.2, 0.25) is 0 Å². The van der Waals surface area contributed by atoms with E-state index < -0.39 is 0 Å². The van der Waals surface area contributed by atoms with Crippen LogP contribution in [0.25, 0.3) is 0 Å². The fourth-order valence-corrected chi connectivity index (χ4v) is 2.99. The van der Waals surface area contributed by atoms with E-state index in [0.29, 0.717) is 11.5 Å². The maximum atomic E-state index is 6.16. The molecule has 0 heterocycles. The second-order valence-corrected chi connectivity index (χ2v) is 5.52. The minimum Gasteiger partial charge on any atom is -0.327 e. The SMILES string of the molecule is CC1(CNC2CCCC2)CCCC1N. The van der Waals surface area contributed by atoms with Gasteiger partial charge in [0.25, 0.3) is 0 Å². The van der Waals surface area contributed by atoms with E-state index in [-0.39, 0.29) is 0 Å². The zero-order valence-corrected chi connectivity index (χ0v) is 9.39. The molecule has 0 aromatic heterocycles. The van der Waals surface area contributed by atoms with Crippen LogP contribution >= 0.6 is 0 Å². The summed E-state index contributed by atoms with van der Waals surface area (Å²) in [6.07, 6.45) is 9.46. The summed E-state index contributed by atoms with van der Waals surface area (Å²) in [6, 6.07) is 1.22. The molecule has 2 unspecified atom stereocenters. The maximum Gasteiger partial charge on any atom is 0.0105 e. The first kappa shape index (κ1) is 10.4. The highest BCUT2D eigenvalue weighted by atomic mass is 14.9. The largest absolute Gasteiger partial charge is 0.327 e. The topological polar surface area (TPSA) is 38.0 Å². The van der Waals surface area contributed by atoms with Crippen molar-refractivity contribution in [1.29, 1.82) is 0 Å². The van der Waals surface area contributed by atoms with Crippen molar-refractivity contribution in [3.63, 3.8) is 0 Å². The van der Waals surface area contributed by atoms with Gasteiger partial charge in [-0.2, -0.15) is 0 Å². The number of nitrogens with two attached hydrogens (primary N) is 1. The Balaban J connectivity index is 1.78. The molecule has 2 saturated carbocycles. The maximum absolute atomic E-state index is 6.16. The normalized spacial score (nSPS) is 39.4. The Morgan fingerprint density at radius 1 is 1.21 bits per heavy atom. The van der Waals surface area contributed by atoms with E-state index >= 15 is 0 Å². The van der Waals surface area contributed by atoms with E-state index in [4.69, 9.17) is 5.73 Å². The smallest absolute Gasteiger partial charge is 0.0105 e. The van der Waals surface area contributed by atoms with Crippen molar-refractivity contribution >= 4 is 0 Å². The van der Waals surface area contributed by atoms with E-state index in [2.05, 4.69) is 12.2 Å². The highest BCUT2D eigenvalue weighted by molar-refractivity contribution is 4.93. The van der Waals surface area contributed by atoms with Crippen LogP contribution < -0.4 is 11.1 Å². The minimum absolute atomic E-state index is 0.378. The lowest BCUT2D eigenvalue weighted by Crippen LogP contribution is -2.44. The molecular weight excluding hydrogens is 172 g/mol. The molecule has 2 heteroatoms. The van der Waals surface area contributed by atoms with Crippen molar-refractivity contribution in [3.05, 3.63) is 0 Å². The van der Waals surface area contributed by atoms with Crippen LogP contribution in [0.3, 0.4) is 0 Å². The summed E-state index contributed by atoms with van der Waals surface area (Å²) in [5.74, 6) is 0. The number of rotatable bonds is 3. The van der Waals surface area contributed by atoms with Crippen molar-refractivity contribution in [2.45, 2.75) is 64.0 Å². The molecule has 0 aromatic rings. The predicted octanol–water partition coefficient (Wildman–Crippen LogP) is 2.04. The summed E-state index contributed by atoms with van der Waals surface area (Å²) in [4.78, 5) is 0. The number of hydrogen-bond acceptors (Lipinski definition) is 2. The summed E-state index contributed by atoms with van der Waals surface area (Å²) < 4.78 is 0. The van der Waals surface area contributed by atoms with Crippen LogP contribution in [0.15, 0.2) is 0 Å². The van der Waals surface area contributed by atoms with Crippen molar-refractivity contribution in [3.8, 4) is 0 Å². The first-order chi connectivity index (χ1) is 6.71. The standard InChI is InChI=1S/C12H24N2/c1-12(8-4-7-11(12)13)9-14-10-5-2-3-6-10/h10-11,14H,2-9,13H2,1H3. The van der Waals surface area contributed by atoms with Gasteiger partial charge >= 0.3 is 0 Å². The lowest BCUT2D eigenvalue weighted by Gasteiger charge is -2.30. The minimum atomic E-state index is 0.378. The molecule has 0 radical (unpaired) electrons. The third-order valence-electron chi connectivity index (χ3n) is 4.31. The van der Waals surface area contributed by atoms with Gasteiger partial charge in [0.2, 0.25) is 0 Å². The second-order valence-electron chi connectivity index (χ2n) is 5.52. The second kappa shape index (κ2) is 4.19. The van der Waals surface area contributed by atoms with Gasteiger partial charge in [-0.3, -0.25) is 0 Å². The van der Waals surface area contributed by atoms with Gasteiger partial charge in [0.15, 0.2) is 0 Å². The van der Waals surface area contributed by atoms with E-state index in [0.717, 1.165) is 12.6 Å². The number of nitrogens with one attached hydrogen (secondary N) is 1. The Morgan fingerprint density at radius 3 is 2.50 bits per heavy atom. The Hall–Kier alpha value is -0.0800. The first-order valence-corrected chi connectivity index (χ1v) is 6.20. The molecule has 2 nitrogen and oxygen atoms in total. The molecule has 0 saturated heterocycles. The average Bonchev–Trinajstić information content (AvgIpc) is 2.75. The first-order valence-electron chi connectivity index (χ1n) is 6.20. The monoisotopic (exact) mass is 196 g/mol. The van der Waals surface area contributed by atoms with Crippen LogP contribution in [0, 0.1) is 5.41 Å². The molecule has 2 fully saturated rings. The molecule has 14 heavy (non-hydrogen) atoms. The van der Waals surface area contributed by atoms with Crippen LogP contribution in [0.1, 0.15) is 51.9 Å². The van der Waals surface area contributed by atoms with Crippen molar-refractivity contribution in [1.82, 2.24) is 5.32 Å². The summed E-state index contributed by atoms with van der Waals surface area (Å²) >= 11 is 0. The molecule has 0 bridgehead atoms. The van der Waals surface area contributed by atoms with Gasteiger partial charge in [0, 0.05) is 18.6 Å². The molecule has 2 atom stereocenters. The molecule has 2 rings (SSSR count). The van der Waals surface area contributed by atoms with Crippen LogP contribution in [0.4, 0.5) is 0 Å². The van der Waals surface area contributed by atoms with Gasteiger partial charge in [-0.25, -0.2) is 0 Å². The average molecular weight is 196 g/mol. The molecule has 82 valence electrons. The quantitative estimate of drug-likeness (QED) is 0.725. The molecule has 0 spiro atoms. The molecule has 0 amide bonds. The fourth-order valence-electron chi connectivity index (χ4n) is 2.99. The molecule has 2 aliphatic rings. The Morgan fingerprint density at radius 2 is 1.93 bits per heavy atom. The zero-order valence-electron chi connectivity index (χ0n) is 9.39. The lowest BCUT2D eigenvalue weighted by atomic mass is 9.85. The van der Waals surface area contributed by atoms with Gasteiger partial charge in [0.05, 0.1) is 0 Å². The van der Waals surface area contributed by atoms with Crippen molar-refractivity contribution in [2.24, 2.45) is 11.1 Å². The molecule has 0 aromatic carbocycles. The van der Waals surface area contributed by atoms with Crippen LogP contribution in [0.5, 0.6) is 0 Å². The van der Waals surface area contributed by atoms with E-state index in [1.165, 1.54) is 44.9 Å². The molecule has 0 aliphatic heterocycles. The van der Waals surface area contributed by atoms with E-state index in [9.17, 15) is 0 Å². The predicted molar refractivity (Wildman–Crippen MR) is 60.2 cm³/mol. The summed E-state index contributed by atoms with van der Waals surface area (Å²) in [5.41, 5.74) is 6.54. The third-order valence-corrected chi connectivity index (χ3v) is 4.31. The molecular formula is C12H24N2. The number of hydrogen-bond donors (Lipinski definition) is 2. The third kappa shape index (κ3) is 2.12. The van der Waals surface area contributed by atoms with Crippen molar-refractivity contribution < 1.29 is 0 Å². The summed E-state index contributed by atoms with van der Waals surface area (Å²) in [7, 11) is 0. The van der Waals surface area contributed by atoms with Gasteiger partial charge < -0.3 is 11.1 Å². The van der Waals surface area contributed by atoms with E-state index in [1.54, 1.807) is 0 Å². The van der Waals surface area contributed by atoms with Crippen molar-refractivity contribution in [2.75, 3.05) is 6.54 Å². The molecule has 3 N–H and O–H groups in total. The highest BCUT2D eigenvalue weighted by Gasteiger charge is 2.36. The Labute approximate surface area is 87.6 Å². The Bertz CT molecular complexity index is 187. The van der Waals surface area contributed by atoms with Crippen LogP contribution in [-0.4, -0.2) is 18.6 Å². The fraction of sp³-hybridized carbons (Fsp3) is 1.00. The van der Waals surface area contributed by atoms with E-state index in [1.807, 2.05) is 0 Å². The van der Waals surface area contributed by atoms with Gasteiger partial charge in [0.1, 0.15) is 0 Å². The Kier molecular flexibility index (Phi) is 3.13. The zero-order chi connectivity index (χ0) is 10.0. The molecule has 2 aliphatic carbocycles. The van der Waals surface area contributed by atoms with Gasteiger partial charge in [-0.05, 0) is 31.1 Å².